The summed E-state index contributed by atoms with van der Waals surface area (Å²) in [6.07, 6.45) is -2.66. The molecule has 0 aromatic heterocycles. The number of amides is 2. The Morgan fingerprint density at radius 1 is 1.73 bits per heavy atom. The van der Waals surface area contributed by atoms with E-state index >= 15 is 0 Å². The monoisotopic (exact) mass is 161 g/mol. The van der Waals surface area contributed by atoms with Gasteiger partial charge in [0.2, 0.25) is 6.17 Å². The second kappa shape index (κ2) is 2.83. The number of amidine groups is 1. The lowest BCUT2D eigenvalue weighted by Gasteiger charge is -2.26. The Morgan fingerprint density at radius 2 is 2.36 bits per heavy atom. The van der Waals surface area contributed by atoms with E-state index in [-0.39, 0.29) is 0 Å². The van der Waals surface area contributed by atoms with Gasteiger partial charge in [0.1, 0.15) is 5.84 Å². The summed E-state index contributed by atoms with van der Waals surface area (Å²) in [5, 5.41) is 11.1. The van der Waals surface area contributed by atoms with Crippen molar-refractivity contribution in [3.8, 4) is 0 Å². The zero-order valence-corrected chi connectivity index (χ0v) is 5.85. The van der Waals surface area contributed by atoms with Crippen molar-refractivity contribution in [1.29, 1.82) is 5.41 Å². The lowest BCUT2D eigenvalue weighted by molar-refractivity contribution is 0.0345. The molecule has 2 unspecified atom stereocenters. The van der Waals surface area contributed by atoms with E-state index in [9.17, 15) is 9.18 Å². The van der Waals surface area contributed by atoms with Gasteiger partial charge in [-0.3, -0.25) is 10.7 Å². The van der Waals surface area contributed by atoms with Crippen molar-refractivity contribution >= 4 is 11.9 Å². The SMILES string of the molecule is COC1NC(=O)NC(=N)C1F. The van der Waals surface area contributed by atoms with E-state index in [1.165, 1.54) is 7.11 Å². The number of urea groups is 1. The number of carbonyl (C=O) groups excluding carboxylic acids is 1. The predicted molar refractivity (Wildman–Crippen MR) is 35.1 cm³/mol. The molecule has 0 saturated carbocycles. The Kier molecular flexibility index (Phi) is 2.04. The van der Waals surface area contributed by atoms with Gasteiger partial charge < -0.3 is 10.1 Å². The molecule has 3 N–H and O–H groups in total. The van der Waals surface area contributed by atoms with Gasteiger partial charge in [-0.15, -0.1) is 0 Å². The van der Waals surface area contributed by atoms with Crippen LogP contribution in [0.2, 0.25) is 0 Å². The predicted octanol–water partition coefficient (Wildman–Crippen LogP) is -0.413. The largest absolute Gasteiger partial charge is 0.358 e. The summed E-state index contributed by atoms with van der Waals surface area (Å²) in [5.74, 6) is -0.472. The first kappa shape index (κ1) is 7.93. The zero-order chi connectivity index (χ0) is 8.43. The Morgan fingerprint density at radius 3 is 2.91 bits per heavy atom. The average molecular weight is 161 g/mol. The average Bonchev–Trinajstić information content (AvgIpc) is 1.96. The molecular formula is C5H8FN3O2. The summed E-state index contributed by atoms with van der Waals surface area (Å²) in [6.45, 7) is 0. The van der Waals surface area contributed by atoms with Crippen molar-refractivity contribution in [1.82, 2.24) is 10.6 Å². The molecule has 0 aliphatic carbocycles. The number of rotatable bonds is 1. The van der Waals surface area contributed by atoms with E-state index in [1.54, 1.807) is 0 Å². The maximum absolute atomic E-state index is 12.8. The molecule has 1 rings (SSSR count). The van der Waals surface area contributed by atoms with Gasteiger partial charge in [0.15, 0.2) is 6.23 Å². The first-order valence-corrected chi connectivity index (χ1v) is 2.98. The Labute approximate surface area is 62.4 Å². The molecule has 1 aliphatic rings. The van der Waals surface area contributed by atoms with E-state index in [2.05, 4.69) is 10.1 Å². The minimum Gasteiger partial charge on any atom is -0.358 e. The van der Waals surface area contributed by atoms with Crippen LogP contribution in [0.1, 0.15) is 0 Å². The summed E-state index contributed by atoms with van der Waals surface area (Å²) in [4.78, 5) is 10.6. The maximum Gasteiger partial charge on any atom is 0.322 e. The van der Waals surface area contributed by atoms with Crippen LogP contribution < -0.4 is 10.6 Å². The van der Waals surface area contributed by atoms with E-state index in [1.807, 2.05) is 5.32 Å². The molecule has 2 atom stereocenters. The smallest absolute Gasteiger partial charge is 0.322 e. The third-order valence-corrected chi connectivity index (χ3v) is 1.32. The van der Waals surface area contributed by atoms with Crippen molar-refractivity contribution in [2.75, 3.05) is 7.11 Å². The normalized spacial score (nSPS) is 31.1. The van der Waals surface area contributed by atoms with Crippen LogP contribution in [0.15, 0.2) is 0 Å². The lowest BCUT2D eigenvalue weighted by Crippen LogP contribution is -2.59. The Bertz CT molecular complexity index is 196. The molecule has 6 heteroatoms. The number of methoxy groups -OCH3 is 1. The molecule has 2 amide bonds. The number of alkyl halides is 1. The fourth-order valence-corrected chi connectivity index (χ4v) is 0.759. The molecule has 1 fully saturated rings. The molecule has 1 heterocycles. The van der Waals surface area contributed by atoms with Crippen LogP contribution in [0.5, 0.6) is 0 Å². The lowest BCUT2D eigenvalue weighted by atomic mass is 10.2. The summed E-state index contributed by atoms with van der Waals surface area (Å²) >= 11 is 0. The Balaban J connectivity index is 2.66. The topological polar surface area (TPSA) is 74.2 Å². The summed E-state index contributed by atoms with van der Waals surface area (Å²) in [6, 6.07) is -0.615. The van der Waals surface area contributed by atoms with Gasteiger partial charge in [-0.05, 0) is 0 Å². The molecular weight excluding hydrogens is 153 g/mol. The first-order chi connectivity index (χ1) is 5.15. The summed E-state index contributed by atoms with van der Waals surface area (Å²) in [7, 11) is 1.26. The van der Waals surface area contributed by atoms with Gasteiger partial charge in [0.05, 0.1) is 0 Å². The second-order valence-corrected chi connectivity index (χ2v) is 2.07. The molecule has 0 spiro atoms. The highest BCUT2D eigenvalue weighted by atomic mass is 19.1. The highest BCUT2D eigenvalue weighted by Gasteiger charge is 2.32. The maximum atomic E-state index is 12.8. The molecule has 11 heavy (non-hydrogen) atoms. The van der Waals surface area contributed by atoms with Crippen LogP contribution >= 0.6 is 0 Å². The minimum absolute atomic E-state index is 0.472. The number of nitrogens with one attached hydrogen (secondary N) is 3. The fourth-order valence-electron chi connectivity index (χ4n) is 0.759. The van der Waals surface area contributed by atoms with E-state index in [4.69, 9.17) is 5.41 Å². The van der Waals surface area contributed by atoms with Crippen LogP contribution in [0.4, 0.5) is 9.18 Å². The van der Waals surface area contributed by atoms with E-state index in [0.717, 1.165) is 0 Å². The van der Waals surface area contributed by atoms with Gasteiger partial charge in [-0.25, -0.2) is 9.18 Å². The molecule has 5 nitrogen and oxygen atoms in total. The van der Waals surface area contributed by atoms with Crippen molar-refractivity contribution in [2.45, 2.75) is 12.4 Å². The van der Waals surface area contributed by atoms with Crippen LogP contribution in [0.25, 0.3) is 0 Å². The molecule has 0 bridgehead atoms. The molecule has 62 valence electrons. The molecule has 1 saturated heterocycles. The Hall–Kier alpha value is -1.17. The zero-order valence-electron chi connectivity index (χ0n) is 5.85. The fraction of sp³-hybridized carbons (Fsp3) is 0.600. The van der Waals surface area contributed by atoms with Crippen LogP contribution in [-0.4, -0.2) is 31.4 Å². The second-order valence-electron chi connectivity index (χ2n) is 2.07. The number of hydrogen-bond acceptors (Lipinski definition) is 3. The summed E-state index contributed by atoms with van der Waals surface area (Å²) < 4.78 is 17.3. The third-order valence-electron chi connectivity index (χ3n) is 1.32. The van der Waals surface area contributed by atoms with Crippen molar-refractivity contribution in [3.05, 3.63) is 0 Å². The molecule has 0 aromatic carbocycles. The van der Waals surface area contributed by atoms with Crippen molar-refractivity contribution in [2.24, 2.45) is 0 Å². The minimum atomic E-state index is -1.61. The van der Waals surface area contributed by atoms with Gasteiger partial charge in [0, 0.05) is 7.11 Å². The number of halogens is 1. The third kappa shape index (κ3) is 1.45. The first-order valence-electron chi connectivity index (χ1n) is 2.98. The highest BCUT2D eigenvalue weighted by molar-refractivity contribution is 6.00. The van der Waals surface area contributed by atoms with Gasteiger partial charge >= 0.3 is 6.03 Å². The molecule has 0 radical (unpaired) electrons. The van der Waals surface area contributed by atoms with Crippen molar-refractivity contribution < 1.29 is 13.9 Å². The van der Waals surface area contributed by atoms with E-state index in [0.29, 0.717) is 0 Å². The van der Waals surface area contributed by atoms with Gasteiger partial charge in [-0.2, -0.15) is 0 Å². The van der Waals surface area contributed by atoms with Crippen LogP contribution in [0.3, 0.4) is 0 Å². The number of ether oxygens (including phenoxy) is 1. The van der Waals surface area contributed by atoms with E-state index < -0.39 is 24.3 Å². The molecule has 0 aromatic rings. The number of hydrogen-bond donors (Lipinski definition) is 3. The van der Waals surface area contributed by atoms with Crippen molar-refractivity contribution in [3.63, 3.8) is 0 Å². The standard InChI is InChI=1S/C5H8FN3O2/c1-11-4-2(6)3(7)8-5(10)9-4/h2,4H,1H3,(H3,7,8,9,10). The van der Waals surface area contributed by atoms with Crippen LogP contribution in [-0.2, 0) is 4.74 Å². The van der Waals surface area contributed by atoms with Gasteiger partial charge in [0.25, 0.3) is 0 Å². The van der Waals surface area contributed by atoms with Crippen LogP contribution in [0, 0.1) is 5.41 Å². The molecule has 1 aliphatic heterocycles. The highest BCUT2D eigenvalue weighted by Crippen LogP contribution is 2.04. The van der Waals surface area contributed by atoms with Gasteiger partial charge in [-0.1, -0.05) is 0 Å². The number of carbonyl (C=O) groups is 1. The quantitative estimate of drug-likeness (QED) is 0.489. The summed E-state index contributed by atoms with van der Waals surface area (Å²) in [5.41, 5.74) is 0.